The predicted molar refractivity (Wildman–Crippen MR) is 109 cm³/mol. The summed E-state index contributed by atoms with van der Waals surface area (Å²) in [7, 11) is 0. The second-order valence-electron chi connectivity index (χ2n) is 6.09. The molecule has 4 heterocycles. The van der Waals surface area contributed by atoms with Gasteiger partial charge in [-0.05, 0) is 24.3 Å². The molecule has 0 amide bonds. The highest BCUT2D eigenvalue weighted by Gasteiger charge is 2.13. The fourth-order valence-corrected chi connectivity index (χ4v) is 3.73. The molecule has 142 valence electrons. The zero-order valence-corrected chi connectivity index (χ0v) is 16.3. The van der Waals surface area contributed by atoms with Crippen LogP contribution in [0.4, 0.5) is 0 Å². The van der Waals surface area contributed by atoms with Gasteiger partial charge in [0, 0.05) is 24.0 Å². The first-order valence-electron chi connectivity index (χ1n) is 8.53. The summed E-state index contributed by atoms with van der Waals surface area (Å²) in [6, 6.07) is 12.2. The number of rotatable bonds is 4. The molecule has 0 saturated carbocycles. The van der Waals surface area contributed by atoms with Crippen molar-refractivity contribution in [2.45, 2.75) is 6.54 Å². The summed E-state index contributed by atoms with van der Waals surface area (Å²) in [5, 5.41) is 14.5. The molecule has 4 aromatic heterocycles. The standard InChI is InChI=1S/C19H11ClN6O2S/c20-12-7-11(8-21-9-12)18-23-24-19(29-18)14-5-6-17(27)26(25-14)10-16-22-13-3-1-2-4-15(13)28-16/h1-9H,10H2. The van der Waals surface area contributed by atoms with Gasteiger partial charge in [-0.2, -0.15) is 5.10 Å². The third-order valence-electron chi connectivity index (χ3n) is 4.09. The SMILES string of the molecule is O=c1ccc(-c2nnc(-c3cncc(Cl)c3)s2)nn1Cc1nc2ccccc2o1. The van der Waals surface area contributed by atoms with Crippen LogP contribution >= 0.6 is 22.9 Å². The van der Waals surface area contributed by atoms with E-state index in [9.17, 15) is 4.79 Å². The molecule has 5 aromatic rings. The zero-order chi connectivity index (χ0) is 19.8. The van der Waals surface area contributed by atoms with Crippen molar-refractivity contribution in [3.63, 3.8) is 0 Å². The van der Waals surface area contributed by atoms with Crippen LogP contribution in [0.1, 0.15) is 5.89 Å². The van der Waals surface area contributed by atoms with Gasteiger partial charge in [-0.25, -0.2) is 9.67 Å². The molecule has 0 fully saturated rings. The molecule has 0 spiro atoms. The number of fused-ring (bicyclic) bond motifs is 1. The minimum Gasteiger partial charge on any atom is -0.439 e. The maximum atomic E-state index is 12.3. The summed E-state index contributed by atoms with van der Waals surface area (Å²) in [5.41, 5.74) is 2.42. The number of para-hydroxylation sites is 2. The Morgan fingerprint density at radius 3 is 2.79 bits per heavy atom. The van der Waals surface area contributed by atoms with Gasteiger partial charge in [-0.15, -0.1) is 10.2 Å². The quantitative estimate of drug-likeness (QED) is 0.435. The number of pyridine rings is 1. The summed E-state index contributed by atoms with van der Waals surface area (Å²) in [4.78, 5) is 20.7. The van der Waals surface area contributed by atoms with E-state index in [2.05, 4.69) is 25.3 Å². The normalized spacial score (nSPS) is 11.2. The fraction of sp³-hybridized carbons (Fsp3) is 0.0526. The lowest BCUT2D eigenvalue weighted by Gasteiger charge is -2.02. The van der Waals surface area contributed by atoms with Crippen molar-refractivity contribution in [1.82, 2.24) is 29.9 Å². The Balaban J connectivity index is 1.47. The van der Waals surface area contributed by atoms with Gasteiger partial charge in [-0.1, -0.05) is 35.1 Å². The molecule has 5 rings (SSSR count). The number of oxazole rings is 1. The van der Waals surface area contributed by atoms with E-state index in [4.69, 9.17) is 16.0 Å². The predicted octanol–water partition coefficient (Wildman–Crippen LogP) is 3.67. The van der Waals surface area contributed by atoms with Gasteiger partial charge in [0.1, 0.15) is 22.8 Å². The molecule has 10 heteroatoms. The Bertz CT molecular complexity index is 1360. The number of benzene rings is 1. The van der Waals surface area contributed by atoms with Crippen molar-refractivity contribution >= 4 is 34.0 Å². The van der Waals surface area contributed by atoms with Gasteiger partial charge in [0.25, 0.3) is 5.56 Å². The summed E-state index contributed by atoms with van der Waals surface area (Å²) < 4.78 is 6.98. The number of nitrogens with zero attached hydrogens (tertiary/aromatic N) is 6. The van der Waals surface area contributed by atoms with Crippen molar-refractivity contribution < 1.29 is 4.42 Å². The third kappa shape index (κ3) is 3.53. The number of hydrogen-bond acceptors (Lipinski definition) is 8. The molecule has 0 unspecified atom stereocenters. The van der Waals surface area contributed by atoms with Gasteiger partial charge in [0.15, 0.2) is 10.6 Å². The zero-order valence-electron chi connectivity index (χ0n) is 14.7. The molecule has 0 atom stereocenters. The average molecular weight is 423 g/mol. The Hall–Kier alpha value is -3.43. The molecule has 8 nitrogen and oxygen atoms in total. The van der Waals surface area contributed by atoms with Gasteiger partial charge in [0.05, 0.1) is 5.02 Å². The van der Waals surface area contributed by atoms with Gasteiger partial charge in [0.2, 0.25) is 5.89 Å². The summed E-state index contributed by atoms with van der Waals surface area (Å²) >= 11 is 7.33. The van der Waals surface area contributed by atoms with Crippen LogP contribution in [0.3, 0.4) is 0 Å². The van der Waals surface area contributed by atoms with Crippen LogP contribution in [0, 0.1) is 0 Å². The molecule has 0 radical (unpaired) electrons. The van der Waals surface area contributed by atoms with Crippen LogP contribution in [-0.2, 0) is 6.54 Å². The lowest BCUT2D eigenvalue weighted by Crippen LogP contribution is -2.22. The largest absolute Gasteiger partial charge is 0.439 e. The Labute approximate surface area is 172 Å². The van der Waals surface area contributed by atoms with E-state index in [0.29, 0.717) is 32.2 Å². The highest BCUT2D eigenvalue weighted by molar-refractivity contribution is 7.17. The van der Waals surface area contributed by atoms with Crippen LogP contribution < -0.4 is 5.56 Å². The van der Waals surface area contributed by atoms with E-state index in [-0.39, 0.29) is 12.1 Å². The van der Waals surface area contributed by atoms with Crippen LogP contribution in [0.25, 0.3) is 32.4 Å². The molecule has 0 aliphatic heterocycles. The van der Waals surface area contributed by atoms with Crippen molar-refractivity contribution in [1.29, 1.82) is 0 Å². The highest BCUT2D eigenvalue weighted by Crippen LogP contribution is 2.29. The number of aromatic nitrogens is 6. The molecule has 0 N–H and O–H groups in total. The maximum Gasteiger partial charge on any atom is 0.267 e. The first-order chi connectivity index (χ1) is 14.2. The van der Waals surface area contributed by atoms with Crippen molar-refractivity contribution in [3.05, 3.63) is 76.1 Å². The third-order valence-corrected chi connectivity index (χ3v) is 5.29. The molecule has 0 saturated heterocycles. The van der Waals surface area contributed by atoms with Gasteiger partial charge >= 0.3 is 0 Å². The fourth-order valence-electron chi connectivity index (χ4n) is 2.76. The Morgan fingerprint density at radius 2 is 1.93 bits per heavy atom. The second-order valence-corrected chi connectivity index (χ2v) is 7.51. The van der Waals surface area contributed by atoms with E-state index in [1.165, 1.54) is 22.1 Å². The van der Waals surface area contributed by atoms with Crippen molar-refractivity contribution in [3.8, 4) is 21.3 Å². The van der Waals surface area contributed by atoms with Gasteiger partial charge < -0.3 is 4.42 Å². The molecule has 0 bridgehead atoms. The second kappa shape index (κ2) is 7.19. The number of halogens is 1. The van der Waals surface area contributed by atoms with Crippen LogP contribution in [-0.4, -0.2) is 29.9 Å². The summed E-state index contributed by atoms with van der Waals surface area (Å²) in [6.07, 6.45) is 3.22. The molecule has 1 aromatic carbocycles. The molecular formula is C19H11ClN6O2S. The van der Waals surface area contributed by atoms with E-state index in [0.717, 1.165) is 11.1 Å². The molecular weight excluding hydrogens is 412 g/mol. The van der Waals surface area contributed by atoms with Crippen molar-refractivity contribution in [2.24, 2.45) is 0 Å². The van der Waals surface area contributed by atoms with Gasteiger partial charge in [-0.3, -0.25) is 9.78 Å². The highest BCUT2D eigenvalue weighted by atomic mass is 35.5. The van der Waals surface area contributed by atoms with Crippen molar-refractivity contribution in [2.75, 3.05) is 0 Å². The minimum absolute atomic E-state index is 0.116. The Kier molecular flexibility index (Phi) is 4.38. The van der Waals surface area contributed by atoms with E-state index < -0.39 is 0 Å². The van der Waals surface area contributed by atoms with E-state index in [1.54, 1.807) is 24.5 Å². The van der Waals surface area contributed by atoms with E-state index >= 15 is 0 Å². The molecule has 0 aliphatic rings. The monoisotopic (exact) mass is 422 g/mol. The topological polar surface area (TPSA) is 99.6 Å². The lowest BCUT2D eigenvalue weighted by atomic mass is 10.3. The van der Waals surface area contributed by atoms with Crippen LogP contribution in [0.15, 0.2) is 64.1 Å². The maximum absolute atomic E-state index is 12.3. The van der Waals surface area contributed by atoms with Crippen LogP contribution in [0.5, 0.6) is 0 Å². The van der Waals surface area contributed by atoms with E-state index in [1.807, 2.05) is 24.3 Å². The first-order valence-corrected chi connectivity index (χ1v) is 9.72. The minimum atomic E-state index is -0.264. The summed E-state index contributed by atoms with van der Waals surface area (Å²) in [6.45, 7) is 0.116. The average Bonchev–Trinajstić information content (AvgIpc) is 3.36. The summed E-state index contributed by atoms with van der Waals surface area (Å²) in [5.74, 6) is 0.404. The molecule has 29 heavy (non-hydrogen) atoms. The lowest BCUT2D eigenvalue weighted by molar-refractivity contribution is 0.482. The number of hydrogen-bond donors (Lipinski definition) is 0. The Morgan fingerprint density at radius 1 is 1.07 bits per heavy atom. The van der Waals surface area contributed by atoms with Crippen LogP contribution in [0.2, 0.25) is 5.02 Å². The molecule has 0 aliphatic carbocycles. The smallest absolute Gasteiger partial charge is 0.267 e. The first kappa shape index (κ1) is 17.7.